The lowest BCUT2D eigenvalue weighted by Gasteiger charge is -2.32. The Hall–Kier alpha value is -1.67. The van der Waals surface area contributed by atoms with Gasteiger partial charge in [0.2, 0.25) is 5.82 Å². The van der Waals surface area contributed by atoms with Crippen LogP contribution in [0.3, 0.4) is 0 Å². The Bertz CT molecular complexity index is 586. The van der Waals surface area contributed by atoms with Crippen molar-refractivity contribution < 1.29 is 4.74 Å². The van der Waals surface area contributed by atoms with Crippen molar-refractivity contribution in [3.05, 3.63) is 20.8 Å². The molecule has 1 aromatic heterocycles. The second-order valence-electron chi connectivity index (χ2n) is 5.29. The number of aromatic nitrogens is 3. The number of hydrogen-bond donors (Lipinski definition) is 1. The number of ether oxygens (including phenoxy) is 1. The molecule has 0 aromatic carbocycles. The molecule has 0 spiro atoms. The van der Waals surface area contributed by atoms with Gasteiger partial charge in [-0.05, 0) is 25.8 Å². The smallest absolute Gasteiger partial charge is 0.346 e. The highest BCUT2D eigenvalue weighted by Gasteiger charge is 2.23. The summed E-state index contributed by atoms with van der Waals surface area (Å²) < 4.78 is 8.02. The summed E-state index contributed by atoms with van der Waals surface area (Å²) in [4.78, 5) is 25.7. The Labute approximate surface area is 123 Å². The molecular formula is C13H23N5O3. The van der Waals surface area contributed by atoms with Gasteiger partial charge in [-0.2, -0.15) is 0 Å². The van der Waals surface area contributed by atoms with Crippen LogP contribution in [0.25, 0.3) is 0 Å². The van der Waals surface area contributed by atoms with Crippen LogP contribution in [0.5, 0.6) is 0 Å². The fraction of sp³-hybridized carbons (Fsp3) is 0.769. The third-order valence-electron chi connectivity index (χ3n) is 3.75. The zero-order chi connectivity index (χ0) is 15.4. The molecule has 8 nitrogen and oxygen atoms in total. The van der Waals surface area contributed by atoms with Gasteiger partial charge in [-0.25, -0.2) is 9.48 Å². The normalized spacial score (nSPS) is 16.4. The molecule has 2 rings (SSSR count). The summed E-state index contributed by atoms with van der Waals surface area (Å²) in [5.41, 5.74) is 4.68. The molecule has 1 saturated heterocycles. The first-order chi connectivity index (χ1) is 10.0. The van der Waals surface area contributed by atoms with Gasteiger partial charge in [0.15, 0.2) is 0 Å². The SMILES string of the molecule is Cn1nc(N2CCC(OCCCN)CC2)c(=O)n(C)c1=O. The molecule has 0 atom stereocenters. The maximum Gasteiger partial charge on any atom is 0.346 e. The maximum absolute atomic E-state index is 12.1. The second kappa shape index (κ2) is 6.86. The molecule has 1 fully saturated rings. The van der Waals surface area contributed by atoms with E-state index in [-0.39, 0.29) is 11.7 Å². The molecule has 1 aliphatic rings. The van der Waals surface area contributed by atoms with Gasteiger partial charge in [-0.1, -0.05) is 0 Å². The first kappa shape index (κ1) is 15.7. The Morgan fingerprint density at radius 3 is 2.57 bits per heavy atom. The molecule has 2 N–H and O–H groups in total. The number of hydrogen-bond acceptors (Lipinski definition) is 6. The molecule has 0 unspecified atom stereocenters. The number of piperidine rings is 1. The van der Waals surface area contributed by atoms with Gasteiger partial charge in [0.05, 0.1) is 6.10 Å². The van der Waals surface area contributed by atoms with E-state index in [4.69, 9.17) is 10.5 Å². The largest absolute Gasteiger partial charge is 0.378 e. The van der Waals surface area contributed by atoms with Crippen LogP contribution in [0.4, 0.5) is 5.82 Å². The van der Waals surface area contributed by atoms with Gasteiger partial charge < -0.3 is 15.4 Å². The van der Waals surface area contributed by atoms with Crippen molar-refractivity contribution in [2.75, 3.05) is 31.1 Å². The molecule has 8 heteroatoms. The first-order valence-corrected chi connectivity index (χ1v) is 7.25. The van der Waals surface area contributed by atoms with Crippen LogP contribution >= 0.6 is 0 Å². The highest BCUT2D eigenvalue weighted by molar-refractivity contribution is 5.35. The van der Waals surface area contributed by atoms with Crippen LogP contribution in [0.2, 0.25) is 0 Å². The lowest BCUT2D eigenvalue weighted by atomic mass is 10.1. The average molecular weight is 297 g/mol. The molecule has 0 aliphatic carbocycles. The lowest BCUT2D eigenvalue weighted by Crippen LogP contribution is -2.46. The zero-order valence-corrected chi connectivity index (χ0v) is 12.6. The molecule has 0 amide bonds. The van der Waals surface area contributed by atoms with E-state index >= 15 is 0 Å². The van der Waals surface area contributed by atoms with Crippen LogP contribution in [0.1, 0.15) is 19.3 Å². The Morgan fingerprint density at radius 2 is 1.95 bits per heavy atom. The number of aryl methyl sites for hydroxylation is 1. The van der Waals surface area contributed by atoms with E-state index in [0.29, 0.717) is 32.1 Å². The fourth-order valence-corrected chi connectivity index (χ4v) is 2.45. The van der Waals surface area contributed by atoms with Crippen LogP contribution < -0.4 is 21.9 Å². The maximum atomic E-state index is 12.1. The predicted molar refractivity (Wildman–Crippen MR) is 79.6 cm³/mol. The molecule has 0 saturated carbocycles. The van der Waals surface area contributed by atoms with Gasteiger partial charge in [-0.3, -0.25) is 9.36 Å². The van der Waals surface area contributed by atoms with Gasteiger partial charge in [0, 0.05) is 33.8 Å². The number of rotatable bonds is 5. The van der Waals surface area contributed by atoms with Crippen molar-refractivity contribution in [1.29, 1.82) is 0 Å². The minimum absolute atomic E-state index is 0.212. The highest BCUT2D eigenvalue weighted by atomic mass is 16.5. The highest BCUT2D eigenvalue weighted by Crippen LogP contribution is 2.16. The molecular weight excluding hydrogens is 274 g/mol. The van der Waals surface area contributed by atoms with Gasteiger partial charge in [0.1, 0.15) is 0 Å². The summed E-state index contributed by atoms with van der Waals surface area (Å²) in [6, 6.07) is 0. The van der Waals surface area contributed by atoms with Crippen LogP contribution in [0.15, 0.2) is 9.59 Å². The monoisotopic (exact) mass is 297 g/mol. The van der Waals surface area contributed by atoms with Crippen molar-refractivity contribution in [2.45, 2.75) is 25.4 Å². The zero-order valence-electron chi connectivity index (χ0n) is 12.6. The van der Waals surface area contributed by atoms with Crippen LogP contribution in [0, 0.1) is 0 Å². The molecule has 1 aliphatic heterocycles. The molecule has 1 aromatic rings. The third kappa shape index (κ3) is 3.51. The summed E-state index contributed by atoms with van der Waals surface area (Å²) in [6.45, 7) is 2.72. The van der Waals surface area contributed by atoms with Crippen molar-refractivity contribution in [3.8, 4) is 0 Å². The van der Waals surface area contributed by atoms with E-state index in [1.165, 1.54) is 11.7 Å². The van der Waals surface area contributed by atoms with E-state index < -0.39 is 5.69 Å². The summed E-state index contributed by atoms with van der Waals surface area (Å²) in [6.07, 6.45) is 2.77. The Kier molecular flexibility index (Phi) is 5.13. The van der Waals surface area contributed by atoms with E-state index in [1.54, 1.807) is 7.05 Å². The molecule has 21 heavy (non-hydrogen) atoms. The molecule has 2 heterocycles. The lowest BCUT2D eigenvalue weighted by molar-refractivity contribution is 0.0365. The summed E-state index contributed by atoms with van der Waals surface area (Å²) in [5.74, 6) is 0.333. The minimum atomic E-state index is -0.413. The van der Waals surface area contributed by atoms with Gasteiger partial charge in [0.25, 0.3) is 5.56 Å². The van der Waals surface area contributed by atoms with Crippen LogP contribution in [-0.4, -0.2) is 46.7 Å². The molecule has 0 bridgehead atoms. The quantitative estimate of drug-likeness (QED) is 0.687. The van der Waals surface area contributed by atoms with E-state index in [0.717, 1.165) is 23.8 Å². The van der Waals surface area contributed by atoms with Crippen molar-refractivity contribution in [1.82, 2.24) is 14.3 Å². The Balaban J connectivity index is 2.03. The van der Waals surface area contributed by atoms with Crippen molar-refractivity contribution in [3.63, 3.8) is 0 Å². The number of anilines is 1. The average Bonchev–Trinajstić information content (AvgIpc) is 2.50. The number of nitrogens with two attached hydrogens (primary N) is 1. The molecule has 118 valence electrons. The molecule has 0 radical (unpaired) electrons. The summed E-state index contributed by atoms with van der Waals surface area (Å²) >= 11 is 0. The fourth-order valence-electron chi connectivity index (χ4n) is 2.45. The second-order valence-corrected chi connectivity index (χ2v) is 5.29. The summed E-state index contributed by atoms with van der Waals surface area (Å²) in [7, 11) is 3.02. The number of nitrogens with zero attached hydrogens (tertiary/aromatic N) is 4. The van der Waals surface area contributed by atoms with Crippen molar-refractivity contribution >= 4 is 5.82 Å². The topological polar surface area (TPSA) is 95.4 Å². The predicted octanol–water partition coefficient (Wildman–Crippen LogP) is -1.19. The van der Waals surface area contributed by atoms with Crippen molar-refractivity contribution in [2.24, 2.45) is 19.8 Å². The minimum Gasteiger partial charge on any atom is -0.378 e. The Morgan fingerprint density at radius 1 is 1.29 bits per heavy atom. The third-order valence-corrected chi connectivity index (χ3v) is 3.75. The van der Waals surface area contributed by atoms with E-state index in [2.05, 4.69) is 5.10 Å². The first-order valence-electron chi connectivity index (χ1n) is 7.25. The van der Waals surface area contributed by atoms with E-state index in [9.17, 15) is 9.59 Å². The van der Waals surface area contributed by atoms with E-state index in [1.807, 2.05) is 4.90 Å². The van der Waals surface area contributed by atoms with Gasteiger partial charge >= 0.3 is 5.69 Å². The van der Waals surface area contributed by atoms with Gasteiger partial charge in [-0.15, -0.1) is 5.10 Å². The standard InChI is InChI=1S/C13H23N5O3/c1-16-12(19)11(15-17(2)13(16)20)18-7-4-10(5-8-18)21-9-3-6-14/h10H,3-9,14H2,1-2H3. The van der Waals surface area contributed by atoms with Crippen LogP contribution in [-0.2, 0) is 18.8 Å². The summed E-state index contributed by atoms with van der Waals surface area (Å²) in [5, 5.41) is 4.10.